The number of hydrogen-bond acceptors (Lipinski definition) is 3. The molecule has 0 unspecified atom stereocenters. The number of rotatable bonds is 3. The van der Waals surface area contributed by atoms with Crippen molar-refractivity contribution in [2.24, 2.45) is 0 Å². The number of aromatic nitrogens is 2. The van der Waals surface area contributed by atoms with Crippen molar-refractivity contribution < 1.29 is 0 Å². The number of fused-ring (bicyclic) bond motifs is 1. The lowest BCUT2D eigenvalue weighted by atomic mass is 10.2. The first-order chi connectivity index (χ1) is 8.36. The third-order valence-electron chi connectivity index (χ3n) is 3.45. The van der Waals surface area contributed by atoms with Gasteiger partial charge < -0.3 is 5.32 Å². The molecule has 0 aliphatic heterocycles. The summed E-state index contributed by atoms with van der Waals surface area (Å²) in [6, 6.07) is 0.332. The Balaban J connectivity index is 2.73. The minimum Gasteiger partial charge on any atom is -0.309 e. The van der Waals surface area contributed by atoms with Crippen molar-refractivity contribution in [3.8, 4) is 0 Å². The van der Waals surface area contributed by atoms with Crippen molar-refractivity contribution in [3.63, 3.8) is 0 Å². The molecule has 18 heavy (non-hydrogen) atoms. The first-order valence-electron chi connectivity index (χ1n) is 6.15. The highest BCUT2D eigenvalue weighted by atomic mass is 16.2. The molecular weight excluding hydrogens is 230 g/mol. The van der Waals surface area contributed by atoms with Gasteiger partial charge in [-0.15, -0.1) is 0 Å². The summed E-state index contributed by atoms with van der Waals surface area (Å²) in [6.45, 7) is 10.1. The zero-order valence-electron chi connectivity index (χ0n) is 11.5. The lowest BCUT2D eigenvalue weighted by molar-refractivity contribution is 0.568. The molecule has 2 heterocycles. The molecule has 2 aromatic heterocycles. The lowest BCUT2D eigenvalue weighted by Gasteiger charge is -2.08. The van der Waals surface area contributed by atoms with Crippen molar-refractivity contribution >= 4 is 0 Å². The lowest BCUT2D eigenvalue weighted by Crippen LogP contribution is -2.23. The number of nitrogens with one attached hydrogen (secondary N) is 1. The Bertz CT molecular complexity index is 694. The maximum absolute atomic E-state index is 12.1. The fourth-order valence-electron chi connectivity index (χ4n) is 2.17. The van der Waals surface area contributed by atoms with E-state index in [1.807, 2.05) is 20.8 Å². The van der Waals surface area contributed by atoms with E-state index in [0.717, 1.165) is 11.4 Å². The van der Waals surface area contributed by atoms with Crippen molar-refractivity contribution in [3.05, 3.63) is 43.2 Å². The highest BCUT2D eigenvalue weighted by Crippen LogP contribution is 2.09. The minimum absolute atomic E-state index is 0.211. The molecule has 0 aromatic carbocycles. The van der Waals surface area contributed by atoms with Gasteiger partial charge in [0.15, 0.2) is 0 Å². The molecule has 5 heteroatoms. The molecule has 0 aliphatic rings. The van der Waals surface area contributed by atoms with Gasteiger partial charge in [0.2, 0.25) is 0 Å². The van der Waals surface area contributed by atoms with Gasteiger partial charge in [0.25, 0.3) is 11.1 Å². The molecule has 0 radical (unpaired) electrons. The van der Waals surface area contributed by atoms with E-state index in [4.69, 9.17) is 0 Å². The van der Waals surface area contributed by atoms with E-state index < -0.39 is 0 Å². The summed E-state index contributed by atoms with van der Waals surface area (Å²) in [5.41, 5.74) is 2.57. The topological polar surface area (TPSA) is 55.0 Å². The van der Waals surface area contributed by atoms with Crippen LogP contribution < -0.4 is 16.4 Å². The highest BCUT2D eigenvalue weighted by molar-refractivity contribution is 5.26. The Hall–Kier alpha value is -1.62. The molecule has 2 aromatic rings. The van der Waals surface area contributed by atoms with Crippen LogP contribution in [0.4, 0.5) is 0 Å². The van der Waals surface area contributed by atoms with Crippen LogP contribution in [-0.2, 0) is 6.54 Å². The molecule has 98 valence electrons. The van der Waals surface area contributed by atoms with Gasteiger partial charge in [-0.05, 0) is 20.8 Å². The van der Waals surface area contributed by atoms with E-state index >= 15 is 0 Å². The minimum atomic E-state index is -0.212. The standard InChI is InChI=1S/C13H19N3O2/c1-7(2)14-6-11-9(4)13(18)16-12(17)8(3)10(5)15(11)16/h7,14H,6H2,1-5H3. The molecule has 0 fully saturated rings. The highest BCUT2D eigenvalue weighted by Gasteiger charge is 2.19. The molecule has 0 aliphatic carbocycles. The van der Waals surface area contributed by atoms with Crippen molar-refractivity contribution in [2.45, 2.75) is 47.2 Å². The van der Waals surface area contributed by atoms with Crippen LogP contribution in [0.3, 0.4) is 0 Å². The molecule has 0 bridgehead atoms. The van der Waals surface area contributed by atoms with Crippen LogP contribution in [0.5, 0.6) is 0 Å². The number of aryl methyl sites for hydroxylation is 1. The second-order valence-electron chi connectivity index (χ2n) is 5.05. The Morgan fingerprint density at radius 2 is 1.56 bits per heavy atom. The van der Waals surface area contributed by atoms with E-state index in [1.54, 1.807) is 18.4 Å². The van der Waals surface area contributed by atoms with Crippen LogP contribution in [-0.4, -0.2) is 15.1 Å². The van der Waals surface area contributed by atoms with Crippen molar-refractivity contribution in [2.75, 3.05) is 0 Å². The van der Waals surface area contributed by atoms with E-state index in [9.17, 15) is 9.59 Å². The average molecular weight is 249 g/mol. The van der Waals surface area contributed by atoms with Gasteiger partial charge in [0.1, 0.15) is 0 Å². The molecule has 0 saturated carbocycles. The van der Waals surface area contributed by atoms with E-state index in [-0.39, 0.29) is 11.1 Å². The molecule has 0 atom stereocenters. The number of hydrogen-bond donors (Lipinski definition) is 1. The van der Waals surface area contributed by atoms with Gasteiger partial charge >= 0.3 is 0 Å². The van der Waals surface area contributed by atoms with E-state index in [1.165, 1.54) is 4.52 Å². The quantitative estimate of drug-likeness (QED) is 0.867. The zero-order chi connectivity index (χ0) is 13.6. The van der Waals surface area contributed by atoms with Crippen LogP contribution in [0.2, 0.25) is 0 Å². The summed E-state index contributed by atoms with van der Waals surface area (Å²) >= 11 is 0. The Labute approximate surface area is 105 Å². The van der Waals surface area contributed by atoms with Gasteiger partial charge in [0.05, 0.1) is 5.69 Å². The van der Waals surface area contributed by atoms with Gasteiger partial charge in [-0.25, -0.2) is 4.52 Å². The van der Waals surface area contributed by atoms with E-state index in [2.05, 4.69) is 5.32 Å². The maximum Gasteiger partial charge on any atom is 0.277 e. The largest absolute Gasteiger partial charge is 0.309 e. The van der Waals surface area contributed by atoms with Gasteiger partial charge in [-0.3, -0.25) is 9.59 Å². The van der Waals surface area contributed by atoms with Crippen LogP contribution in [0, 0.1) is 20.8 Å². The summed E-state index contributed by atoms with van der Waals surface area (Å²) in [7, 11) is 0. The summed E-state index contributed by atoms with van der Waals surface area (Å²) in [6.07, 6.45) is 0. The first kappa shape index (κ1) is 12.8. The predicted octanol–water partition coefficient (Wildman–Crippen LogP) is 0.620. The van der Waals surface area contributed by atoms with Crippen molar-refractivity contribution in [1.82, 2.24) is 14.3 Å². The average Bonchev–Trinajstić information content (AvgIpc) is 2.68. The summed E-state index contributed by atoms with van der Waals surface area (Å²) in [5, 5.41) is 3.29. The fourth-order valence-corrected chi connectivity index (χ4v) is 2.17. The summed E-state index contributed by atoms with van der Waals surface area (Å²) in [5.74, 6) is 0. The fraction of sp³-hybridized carbons (Fsp3) is 0.538. The third-order valence-corrected chi connectivity index (χ3v) is 3.45. The summed E-state index contributed by atoms with van der Waals surface area (Å²) < 4.78 is 2.97. The molecular formula is C13H19N3O2. The van der Waals surface area contributed by atoms with Crippen LogP contribution >= 0.6 is 0 Å². The Morgan fingerprint density at radius 1 is 1.00 bits per heavy atom. The second kappa shape index (κ2) is 4.24. The molecule has 2 rings (SSSR count). The first-order valence-corrected chi connectivity index (χ1v) is 6.15. The number of nitrogens with zero attached hydrogens (tertiary/aromatic N) is 2. The normalized spacial score (nSPS) is 11.9. The molecule has 0 amide bonds. The summed E-state index contributed by atoms with van der Waals surface area (Å²) in [4.78, 5) is 24.1. The van der Waals surface area contributed by atoms with E-state index in [0.29, 0.717) is 23.7 Å². The maximum atomic E-state index is 12.1. The third kappa shape index (κ3) is 1.66. The zero-order valence-corrected chi connectivity index (χ0v) is 11.5. The SMILES string of the molecule is Cc1c(C)n2c(CNC(C)C)c(C)c(=O)n2c1=O. The monoisotopic (exact) mass is 249 g/mol. The molecule has 0 spiro atoms. The molecule has 0 saturated heterocycles. The van der Waals surface area contributed by atoms with Crippen LogP contribution in [0.15, 0.2) is 9.59 Å². The Kier molecular flexibility index (Phi) is 3.02. The second-order valence-corrected chi connectivity index (χ2v) is 5.05. The Morgan fingerprint density at radius 3 is 2.11 bits per heavy atom. The van der Waals surface area contributed by atoms with Gasteiger partial charge in [-0.2, -0.15) is 4.52 Å². The molecule has 5 nitrogen and oxygen atoms in total. The smallest absolute Gasteiger partial charge is 0.277 e. The molecule has 1 N–H and O–H groups in total. The predicted molar refractivity (Wildman–Crippen MR) is 70.8 cm³/mol. The van der Waals surface area contributed by atoms with Gasteiger partial charge in [0, 0.05) is 29.4 Å². The van der Waals surface area contributed by atoms with Gasteiger partial charge in [-0.1, -0.05) is 13.8 Å². The van der Waals surface area contributed by atoms with Crippen molar-refractivity contribution in [1.29, 1.82) is 0 Å². The van der Waals surface area contributed by atoms with Crippen LogP contribution in [0.25, 0.3) is 0 Å². The van der Waals surface area contributed by atoms with Crippen LogP contribution in [0.1, 0.15) is 36.4 Å².